The quantitative estimate of drug-likeness (QED) is 0.739. The van der Waals surface area contributed by atoms with Crippen LogP contribution in [-0.2, 0) is 0 Å². The fraction of sp³-hybridized carbons (Fsp3) is 0.222. The van der Waals surface area contributed by atoms with Crippen molar-refractivity contribution in [1.29, 1.82) is 0 Å². The van der Waals surface area contributed by atoms with Crippen molar-refractivity contribution in [3.63, 3.8) is 0 Å². The van der Waals surface area contributed by atoms with Gasteiger partial charge in [-0.05, 0) is 43.2 Å². The van der Waals surface area contributed by atoms with Gasteiger partial charge in [-0.15, -0.1) is 5.10 Å². The van der Waals surface area contributed by atoms with Gasteiger partial charge in [0.25, 0.3) is 0 Å². The smallest absolute Gasteiger partial charge is 0.162 e. The van der Waals surface area contributed by atoms with Crippen molar-refractivity contribution in [3.8, 4) is 28.4 Å². The Labute approximate surface area is 135 Å². The lowest BCUT2D eigenvalue weighted by Crippen LogP contribution is -1.97. The van der Waals surface area contributed by atoms with Gasteiger partial charge in [0, 0.05) is 11.6 Å². The Kier molecular flexibility index (Phi) is 4.02. The number of hydrogen-bond donors (Lipinski definition) is 0. The van der Waals surface area contributed by atoms with Gasteiger partial charge in [0.1, 0.15) is 5.69 Å². The Balaban J connectivity index is 1.97. The Bertz CT molecular complexity index is 840. The summed E-state index contributed by atoms with van der Waals surface area (Å²) in [6.45, 7) is 4.19. The van der Waals surface area contributed by atoms with Crippen molar-refractivity contribution in [2.45, 2.75) is 13.8 Å². The molecule has 0 fully saturated rings. The van der Waals surface area contributed by atoms with Gasteiger partial charge in [0.2, 0.25) is 0 Å². The van der Waals surface area contributed by atoms with Gasteiger partial charge in [-0.3, -0.25) is 0 Å². The minimum absolute atomic E-state index is 0.660. The first-order valence-corrected chi connectivity index (χ1v) is 7.34. The molecule has 23 heavy (non-hydrogen) atoms. The molecule has 0 radical (unpaired) electrons. The number of benzene rings is 2. The summed E-state index contributed by atoms with van der Waals surface area (Å²) >= 11 is 0. The zero-order chi connectivity index (χ0) is 16.4. The maximum absolute atomic E-state index is 5.33. The molecular weight excluding hydrogens is 290 g/mol. The van der Waals surface area contributed by atoms with Crippen LogP contribution in [0.25, 0.3) is 16.9 Å². The Morgan fingerprint density at radius 2 is 1.65 bits per heavy atom. The second kappa shape index (κ2) is 6.12. The zero-order valence-electron chi connectivity index (χ0n) is 13.7. The minimum Gasteiger partial charge on any atom is -0.493 e. The third kappa shape index (κ3) is 2.90. The Hall–Kier alpha value is -2.82. The molecule has 0 aliphatic carbocycles. The largest absolute Gasteiger partial charge is 0.493 e. The van der Waals surface area contributed by atoms with E-state index in [0.717, 1.165) is 16.9 Å². The minimum atomic E-state index is 0.660. The summed E-state index contributed by atoms with van der Waals surface area (Å²) in [6.07, 6.45) is 1.91. The van der Waals surface area contributed by atoms with Crippen LogP contribution in [0.5, 0.6) is 11.5 Å². The van der Waals surface area contributed by atoms with E-state index in [-0.39, 0.29) is 0 Å². The van der Waals surface area contributed by atoms with Crippen molar-refractivity contribution in [2.75, 3.05) is 14.2 Å². The lowest BCUT2D eigenvalue weighted by atomic mass is 10.0. The highest BCUT2D eigenvalue weighted by atomic mass is 16.5. The summed E-state index contributed by atoms with van der Waals surface area (Å²) in [5.74, 6) is 1.35. The number of rotatable bonds is 4. The summed E-state index contributed by atoms with van der Waals surface area (Å²) < 4.78 is 12.3. The number of aromatic nitrogens is 3. The molecule has 3 rings (SSSR count). The predicted octanol–water partition coefficient (Wildman–Crippen LogP) is 3.57. The molecule has 0 aliphatic heterocycles. The molecule has 0 atom stereocenters. The standard InChI is InChI=1S/C18H19N3O2/c1-12-5-6-14(9-13(12)2)16-11-21(20-19-16)15-7-8-17(22-3)18(10-15)23-4/h5-11H,1-4H3. The first-order valence-electron chi connectivity index (χ1n) is 7.34. The summed E-state index contributed by atoms with van der Waals surface area (Å²) in [6, 6.07) is 11.9. The van der Waals surface area contributed by atoms with E-state index in [4.69, 9.17) is 9.47 Å². The molecule has 3 aromatic rings. The normalized spacial score (nSPS) is 10.6. The fourth-order valence-corrected chi connectivity index (χ4v) is 2.39. The van der Waals surface area contributed by atoms with Crippen LogP contribution in [0.15, 0.2) is 42.6 Å². The summed E-state index contributed by atoms with van der Waals surface area (Å²) in [7, 11) is 3.23. The molecule has 0 spiro atoms. The molecule has 118 valence electrons. The highest BCUT2D eigenvalue weighted by Gasteiger charge is 2.09. The van der Waals surface area contributed by atoms with Crippen LogP contribution in [0.1, 0.15) is 11.1 Å². The summed E-state index contributed by atoms with van der Waals surface area (Å²) in [5.41, 5.74) is 5.26. The molecule has 5 nitrogen and oxygen atoms in total. The topological polar surface area (TPSA) is 49.2 Å². The average Bonchev–Trinajstić information content (AvgIpc) is 3.06. The van der Waals surface area contributed by atoms with E-state index in [1.165, 1.54) is 11.1 Å². The molecule has 0 aliphatic rings. The number of methoxy groups -OCH3 is 2. The molecule has 0 amide bonds. The number of ether oxygens (including phenoxy) is 2. The lowest BCUT2D eigenvalue weighted by molar-refractivity contribution is 0.354. The zero-order valence-corrected chi connectivity index (χ0v) is 13.7. The van der Waals surface area contributed by atoms with E-state index in [9.17, 15) is 0 Å². The van der Waals surface area contributed by atoms with Crippen molar-refractivity contribution in [3.05, 3.63) is 53.7 Å². The van der Waals surface area contributed by atoms with Crippen LogP contribution in [0, 0.1) is 13.8 Å². The van der Waals surface area contributed by atoms with Gasteiger partial charge in [0.15, 0.2) is 11.5 Å². The number of hydrogen-bond acceptors (Lipinski definition) is 4. The van der Waals surface area contributed by atoms with Crippen molar-refractivity contribution in [2.24, 2.45) is 0 Å². The molecule has 0 saturated carbocycles. The summed E-state index contributed by atoms with van der Waals surface area (Å²) in [4.78, 5) is 0. The van der Waals surface area contributed by atoms with Gasteiger partial charge >= 0.3 is 0 Å². The molecule has 0 unspecified atom stereocenters. The maximum atomic E-state index is 5.33. The molecule has 0 N–H and O–H groups in total. The van der Waals surface area contributed by atoms with Crippen LogP contribution < -0.4 is 9.47 Å². The van der Waals surface area contributed by atoms with E-state index >= 15 is 0 Å². The van der Waals surface area contributed by atoms with Crippen LogP contribution in [0.3, 0.4) is 0 Å². The number of nitrogens with zero attached hydrogens (tertiary/aromatic N) is 3. The summed E-state index contributed by atoms with van der Waals surface area (Å²) in [5, 5.41) is 8.49. The first kappa shape index (κ1) is 15.1. The van der Waals surface area contributed by atoms with Crippen LogP contribution in [-0.4, -0.2) is 29.2 Å². The van der Waals surface area contributed by atoms with E-state index in [1.54, 1.807) is 18.9 Å². The Morgan fingerprint density at radius 1 is 0.870 bits per heavy atom. The molecular formula is C18H19N3O2. The molecule has 0 bridgehead atoms. The highest BCUT2D eigenvalue weighted by molar-refractivity contribution is 5.60. The van der Waals surface area contributed by atoms with Crippen molar-refractivity contribution < 1.29 is 9.47 Å². The van der Waals surface area contributed by atoms with Crippen LogP contribution in [0.2, 0.25) is 0 Å². The molecule has 5 heteroatoms. The van der Waals surface area contributed by atoms with E-state index in [0.29, 0.717) is 11.5 Å². The maximum Gasteiger partial charge on any atom is 0.162 e. The van der Waals surface area contributed by atoms with Crippen LogP contribution >= 0.6 is 0 Å². The van der Waals surface area contributed by atoms with E-state index in [1.807, 2.05) is 24.4 Å². The third-order valence-corrected chi connectivity index (χ3v) is 3.93. The second-order valence-corrected chi connectivity index (χ2v) is 5.39. The lowest BCUT2D eigenvalue weighted by Gasteiger charge is -2.09. The SMILES string of the molecule is COc1ccc(-n2cc(-c3ccc(C)c(C)c3)nn2)cc1OC. The fourth-order valence-electron chi connectivity index (χ4n) is 2.39. The molecule has 1 aromatic heterocycles. The molecule has 0 saturated heterocycles. The van der Waals surface area contributed by atoms with E-state index < -0.39 is 0 Å². The van der Waals surface area contributed by atoms with Crippen molar-refractivity contribution >= 4 is 0 Å². The van der Waals surface area contributed by atoms with E-state index in [2.05, 4.69) is 42.4 Å². The number of aryl methyl sites for hydroxylation is 2. The Morgan fingerprint density at radius 3 is 2.35 bits per heavy atom. The predicted molar refractivity (Wildman–Crippen MR) is 89.4 cm³/mol. The van der Waals surface area contributed by atoms with Gasteiger partial charge in [-0.2, -0.15) is 0 Å². The monoisotopic (exact) mass is 309 g/mol. The highest BCUT2D eigenvalue weighted by Crippen LogP contribution is 2.29. The molecule has 1 heterocycles. The van der Waals surface area contributed by atoms with Crippen LogP contribution in [0.4, 0.5) is 0 Å². The second-order valence-electron chi connectivity index (χ2n) is 5.39. The average molecular weight is 309 g/mol. The first-order chi connectivity index (χ1) is 11.1. The molecule has 2 aromatic carbocycles. The van der Waals surface area contributed by atoms with Gasteiger partial charge in [0.05, 0.1) is 26.1 Å². The third-order valence-electron chi connectivity index (χ3n) is 3.93. The van der Waals surface area contributed by atoms with Crippen molar-refractivity contribution in [1.82, 2.24) is 15.0 Å². The van der Waals surface area contributed by atoms with Gasteiger partial charge in [-0.1, -0.05) is 17.3 Å². The van der Waals surface area contributed by atoms with Gasteiger partial charge < -0.3 is 9.47 Å². The van der Waals surface area contributed by atoms with Gasteiger partial charge in [-0.25, -0.2) is 4.68 Å².